The molecule has 3 N–H and O–H groups in total. The fourth-order valence-corrected chi connectivity index (χ4v) is 2.76. The van der Waals surface area contributed by atoms with Crippen LogP contribution in [-0.4, -0.2) is 54.9 Å². The van der Waals surface area contributed by atoms with E-state index in [0.717, 1.165) is 19.3 Å². The van der Waals surface area contributed by atoms with Crippen LogP contribution in [0, 0.1) is 5.92 Å². The van der Waals surface area contributed by atoms with Crippen molar-refractivity contribution < 1.29 is 14.6 Å². The lowest BCUT2D eigenvalue weighted by molar-refractivity contribution is -0.162. The maximum atomic E-state index is 11.4. The Morgan fingerprint density at radius 2 is 2.24 bits per heavy atom. The highest BCUT2D eigenvalue weighted by molar-refractivity contribution is 5.78. The van der Waals surface area contributed by atoms with Crippen molar-refractivity contribution in [2.75, 3.05) is 27.2 Å². The predicted molar refractivity (Wildman–Crippen MR) is 65.5 cm³/mol. The molecule has 100 valence electrons. The fraction of sp³-hybridized carbons (Fsp3) is 0.917. The number of nitrogens with zero attached hydrogens (tertiary/aromatic N) is 1. The summed E-state index contributed by atoms with van der Waals surface area (Å²) in [6.07, 6.45) is 3.37. The minimum atomic E-state index is -1.45. The Balaban J connectivity index is 2.59. The second kappa shape index (κ2) is 5.80. The van der Waals surface area contributed by atoms with Crippen molar-refractivity contribution in [3.05, 3.63) is 0 Å². The van der Waals surface area contributed by atoms with Crippen LogP contribution in [-0.2, 0) is 9.53 Å². The molecule has 5 heteroatoms. The molecule has 0 heterocycles. The quantitative estimate of drug-likeness (QED) is 0.664. The van der Waals surface area contributed by atoms with Gasteiger partial charge in [0.15, 0.2) is 5.60 Å². The van der Waals surface area contributed by atoms with Crippen LogP contribution in [0.4, 0.5) is 0 Å². The summed E-state index contributed by atoms with van der Waals surface area (Å²) < 4.78 is 4.59. The number of nitrogens with two attached hydrogens (primary N) is 1. The predicted octanol–water partition coefficient (Wildman–Crippen LogP) is -0.0304. The van der Waals surface area contributed by atoms with Gasteiger partial charge in [0.2, 0.25) is 0 Å². The smallest absolute Gasteiger partial charge is 0.338 e. The van der Waals surface area contributed by atoms with Gasteiger partial charge in [0.1, 0.15) is 0 Å². The van der Waals surface area contributed by atoms with Gasteiger partial charge in [-0.05, 0) is 39.3 Å². The fourth-order valence-electron chi connectivity index (χ4n) is 2.76. The standard InChI is InChI=1S/C12H24N2O3/c1-12(16,11(15)17-3)8-14(2)10-6-4-5-9(10)7-13/h9-10,16H,4-8,13H2,1-3H3. The van der Waals surface area contributed by atoms with Crippen molar-refractivity contribution in [3.8, 4) is 0 Å². The Bertz CT molecular complexity index is 268. The number of likely N-dealkylation sites (N-methyl/N-ethyl adjacent to an activating group) is 1. The summed E-state index contributed by atoms with van der Waals surface area (Å²) in [5.41, 5.74) is 4.28. The number of carbonyl (C=O) groups excluding carboxylic acids is 1. The van der Waals surface area contributed by atoms with Crippen LogP contribution < -0.4 is 5.73 Å². The molecule has 0 amide bonds. The normalized spacial score (nSPS) is 28.1. The number of rotatable bonds is 5. The molecule has 3 unspecified atom stereocenters. The molecule has 1 aliphatic carbocycles. The van der Waals surface area contributed by atoms with Gasteiger partial charge in [-0.1, -0.05) is 6.42 Å². The van der Waals surface area contributed by atoms with Gasteiger partial charge in [-0.25, -0.2) is 4.79 Å². The van der Waals surface area contributed by atoms with E-state index in [2.05, 4.69) is 4.74 Å². The highest BCUT2D eigenvalue weighted by Gasteiger charge is 2.37. The summed E-state index contributed by atoms with van der Waals surface area (Å²) in [7, 11) is 3.21. The molecule has 0 spiro atoms. The van der Waals surface area contributed by atoms with Gasteiger partial charge in [0.25, 0.3) is 0 Å². The van der Waals surface area contributed by atoms with E-state index in [-0.39, 0.29) is 6.54 Å². The maximum Gasteiger partial charge on any atom is 0.338 e. The summed E-state index contributed by atoms with van der Waals surface area (Å²) in [5.74, 6) is -0.125. The van der Waals surface area contributed by atoms with Crippen molar-refractivity contribution in [3.63, 3.8) is 0 Å². The average Bonchev–Trinajstić information content (AvgIpc) is 2.75. The first-order valence-electron chi connectivity index (χ1n) is 6.13. The highest BCUT2D eigenvalue weighted by atomic mass is 16.5. The van der Waals surface area contributed by atoms with Gasteiger partial charge >= 0.3 is 5.97 Å². The van der Waals surface area contributed by atoms with Gasteiger partial charge in [-0.15, -0.1) is 0 Å². The van der Waals surface area contributed by atoms with Crippen LogP contribution in [0.3, 0.4) is 0 Å². The summed E-state index contributed by atoms with van der Waals surface area (Å²) in [4.78, 5) is 13.4. The summed E-state index contributed by atoms with van der Waals surface area (Å²) in [5, 5.41) is 10.0. The molecule has 0 bridgehead atoms. The van der Waals surface area contributed by atoms with Crippen molar-refractivity contribution in [2.24, 2.45) is 11.7 Å². The van der Waals surface area contributed by atoms with Crippen molar-refractivity contribution in [1.82, 2.24) is 4.90 Å². The zero-order valence-corrected chi connectivity index (χ0v) is 11.0. The number of hydrogen-bond donors (Lipinski definition) is 2. The molecule has 0 radical (unpaired) electrons. The molecular formula is C12H24N2O3. The van der Waals surface area contributed by atoms with Gasteiger partial charge in [0, 0.05) is 12.6 Å². The molecule has 1 rings (SSSR count). The lowest BCUT2D eigenvalue weighted by Crippen LogP contribution is -2.50. The molecule has 3 atom stereocenters. The van der Waals surface area contributed by atoms with Gasteiger partial charge in [0.05, 0.1) is 7.11 Å². The van der Waals surface area contributed by atoms with E-state index in [4.69, 9.17) is 5.73 Å². The molecular weight excluding hydrogens is 220 g/mol. The largest absolute Gasteiger partial charge is 0.467 e. The van der Waals surface area contributed by atoms with Crippen LogP contribution in [0.25, 0.3) is 0 Å². The van der Waals surface area contributed by atoms with Crippen LogP contribution in [0.2, 0.25) is 0 Å². The molecule has 1 fully saturated rings. The molecule has 1 aliphatic rings. The van der Waals surface area contributed by atoms with Crippen LogP contribution in [0.1, 0.15) is 26.2 Å². The first-order chi connectivity index (χ1) is 7.92. The Morgan fingerprint density at radius 3 is 2.76 bits per heavy atom. The van der Waals surface area contributed by atoms with E-state index in [1.54, 1.807) is 0 Å². The molecule has 0 aromatic heterocycles. The first-order valence-corrected chi connectivity index (χ1v) is 6.13. The van der Waals surface area contributed by atoms with Crippen LogP contribution in [0.5, 0.6) is 0 Å². The lowest BCUT2D eigenvalue weighted by atomic mass is 10.00. The van der Waals surface area contributed by atoms with E-state index < -0.39 is 11.6 Å². The summed E-state index contributed by atoms with van der Waals surface area (Å²) in [6.45, 7) is 2.43. The molecule has 17 heavy (non-hydrogen) atoms. The molecule has 0 aromatic rings. The van der Waals surface area contributed by atoms with Crippen molar-refractivity contribution in [1.29, 1.82) is 0 Å². The number of aliphatic hydroxyl groups is 1. The molecule has 0 aliphatic heterocycles. The summed E-state index contributed by atoms with van der Waals surface area (Å²) in [6, 6.07) is 0.358. The second-order valence-electron chi connectivity index (χ2n) is 5.17. The number of carbonyl (C=O) groups is 1. The lowest BCUT2D eigenvalue weighted by Gasteiger charge is -2.33. The molecule has 0 aromatic carbocycles. The van der Waals surface area contributed by atoms with Gasteiger partial charge in [-0.2, -0.15) is 0 Å². The molecule has 1 saturated carbocycles. The number of esters is 1. The minimum Gasteiger partial charge on any atom is -0.467 e. The minimum absolute atomic E-state index is 0.279. The van der Waals surface area contributed by atoms with E-state index in [0.29, 0.717) is 18.5 Å². The Labute approximate surface area is 103 Å². The Hall–Kier alpha value is -0.650. The summed E-state index contributed by atoms with van der Waals surface area (Å²) >= 11 is 0. The first kappa shape index (κ1) is 14.4. The third kappa shape index (κ3) is 3.40. The third-order valence-corrected chi connectivity index (χ3v) is 3.67. The average molecular weight is 244 g/mol. The van der Waals surface area contributed by atoms with E-state index in [1.165, 1.54) is 14.0 Å². The van der Waals surface area contributed by atoms with Crippen molar-refractivity contribution in [2.45, 2.75) is 37.8 Å². The highest BCUT2D eigenvalue weighted by Crippen LogP contribution is 2.29. The number of ether oxygens (including phenoxy) is 1. The molecule has 5 nitrogen and oxygen atoms in total. The van der Waals surface area contributed by atoms with Crippen LogP contribution >= 0.6 is 0 Å². The Morgan fingerprint density at radius 1 is 1.59 bits per heavy atom. The van der Waals surface area contributed by atoms with E-state index >= 15 is 0 Å². The number of hydrogen-bond acceptors (Lipinski definition) is 5. The number of methoxy groups -OCH3 is 1. The Kier molecular flexibility index (Phi) is 4.91. The third-order valence-electron chi connectivity index (χ3n) is 3.67. The SMILES string of the molecule is COC(=O)C(C)(O)CN(C)C1CCCC1CN. The monoisotopic (exact) mass is 244 g/mol. The van der Waals surface area contributed by atoms with Gasteiger partial charge < -0.3 is 15.6 Å². The maximum absolute atomic E-state index is 11.4. The molecule has 0 saturated heterocycles. The topological polar surface area (TPSA) is 75.8 Å². The zero-order valence-electron chi connectivity index (χ0n) is 11.0. The van der Waals surface area contributed by atoms with Crippen molar-refractivity contribution >= 4 is 5.97 Å². The zero-order chi connectivity index (χ0) is 13.1. The van der Waals surface area contributed by atoms with E-state index in [1.807, 2.05) is 11.9 Å². The van der Waals surface area contributed by atoms with Crippen LogP contribution in [0.15, 0.2) is 0 Å². The second-order valence-corrected chi connectivity index (χ2v) is 5.17. The van der Waals surface area contributed by atoms with Gasteiger partial charge in [-0.3, -0.25) is 4.90 Å². The van der Waals surface area contributed by atoms with E-state index in [9.17, 15) is 9.90 Å².